The molecule has 4 aromatic carbocycles. The highest BCUT2D eigenvalue weighted by molar-refractivity contribution is 6.03. The maximum absolute atomic E-state index is 13.0. The molecule has 176 valence electrons. The lowest BCUT2D eigenvalue weighted by Gasteiger charge is -2.12. The van der Waals surface area contributed by atoms with Gasteiger partial charge in [0.05, 0.1) is 11.1 Å². The molecule has 0 saturated carbocycles. The minimum atomic E-state index is -0.803. The molecule has 0 atom stereocenters. The first-order chi connectivity index (χ1) is 17.6. The molecule has 0 aliphatic carbocycles. The number of nitrogens with zero attached hydrogens (tertiary/aromatic N) is 2. The summed E-state index contributed by atoms with van der Waals surface area (Å²) >= 11 is 0. The first-order valence-corrected chi connectivity index (χ1v) is 11.3. The molecular weight excluding hydrogens is 454 g/mol. The van der Waals surface area contributed by atoms with Crippen LogP contribution in [0, 0.1) is 0 Å². The van der Waals surface area contributed by atoms with Crippen molar-refractivity contribution in [3.63, 3.8) is 0 Å². The highest BCUT2D eigenvalue weighted by Gasteiger charge is 2.20. The Morgan fingerprint density at radius 3 is 2.11 bits per heavy atom. The van der Waals surface area contributed by atoms with Gasteiger partial charge in [-0.25, -0.2) is 4.79 Å². The number of benzene rings is 4. The number of fused-ring (bicyclic) bond motifs is 1. The minimum Gasteiger partial charge on any atom is -0.451 e. The fraction of sp³-hybridized carbons (Fsp3) is 0.0345. The zero-order chi connectivity index (χ0) is 24.9. The zero-order valence-electron chi connectivity index (χ0n) is 19.1. The van der Waals surface area contributed by atoms with Crippen LogP contribution in [0.5, 0.6) is 0 Å². The van der Waals surface area contributed by atoms with Crippen LogP contribution in [0.3, 0.4) is 0 Å². The zero-order valence-corrected chi connectivity index (χ0v) is 19.1. The third kappa shape index (κ3) is 4.63. The summed E-state index contributed by atoms with van der Waals surface area (Å²) in [5, 5.41) is 7.77. The van der Waals surface area contributed by atoms with Gasteiger partial charge < -0.3 is 10.1 Å². The van der Waals surface area contributed by atoms with Gasteiger partial charge in [0.2, 0.25) is 0 Å². The normalized spacial score (nSPS) is 10.7. The van der Waals surface area contributed by atoms with E-state index in [1.807, 2.05) is 54.6 Å². The summed E-state index contributed by atoms with van der Waals surface area (Å²) < 4.78 is 6.48. The van der Waals surface area contributed by atoms with Crippen LogP contribution in [-0.4, -0.2) is 28.3 Å². The van der Waals surface area contributed by atoms with Gasteiger partial charge in [0, 0.05) is 16.6 Å². The second-order valence-electron chi connectivity index (χ2n) is 7.98. The molecule has 7 heteroatoms. The number of anilines is 1. The van der Waals surface area contributed by atoms with Crippen molar-refractivity contribution in [1.29, 1.82) is 0 Å². The van der Waals surface area contributed by atoms with Gasteiger partial charge in [-0.1, -0.05) is 84.9 Å². The number of rotatable bonds is 6. The first kappa shape index (κ1) is 22.7. The molecule has 1 amide bonds. The largest absolute Gasteiger partial charge is 0.451 e. The molecule has 5 aromatic rings. The van der Waals surface area contributed by atoms with E-state index < -0.39 is 18.5 Å². The topological polar surface area (TPSA) is 90.3 Å². The fourth-order valence-electron chi connectivity index (χ4n) is 3.93. The van der Waals surface area contributed by atoms with Crippen molar-refractivity contribution >= 4 is 28.3 Å². The first-order valence-electron chi connectivity index (χ1n) is 11.3. The number of esters is 1. The summed E-state index contributed by atoms with van der Waals surface area (Å²) in [7, 11) is 0. The lowest BCUT2D eigenvalue weighted by molar-refractivity contribution is -0.119. The smallest absolute Gasteiger partial charge is 0.359 e. The van der Waals surface area contributed by atoms with Gasteiger partial charge in [-0.15, -0.1) is 0 Å². The number of hydrogen-bond acceptors (Lipinski definition) is 5. The van der Waals surface area contributed by atoms with Crippen LogP contribution in [0.25, 0.3) is 27.6 Å². The maximum Gasteiger partial charge on any atom is 0.359 e. The molecule has 0 aliphatic rings. The Morgan fingerprint density at radius 2 is 1.36 bits per heavy atom. The van der Waals surface area contributed by atoms with Crippen molar-refractivity contribution in [2.24, 2.45) is 0 Å². The highest BCUT2D eigenvalue weighted by Crippen LogP contribution is 2.27. The average molecular weight is 476 g/mol. The SMILES string of the molecule is O=C(COC(=O)c1nn(-c2ccccc2)c(=O)c2ccccc12)Nc1ccccc1-c1ccccc1. The van der Waals surface area contributed by atoms with Crippen LogP contribution in [0.1, 0.15) is 10.5 Å². The summed E-state index contributed by atoms with van der Waals surface area (Å²) in [5.41, 5.74) is 2.50. The molecule has 5 rings (SSSR count). The Kier molecular flexibility index (Phi) is 6.36. The van der Waals surface area contributed by atoms with Crippen LogP contribution >= 0.6 is 0 Å². The van der Waals surface area contributed by atoms with Gasteiger partial charge in [0.25, 0.3) is 11.5 Å². The molecule has 0 fully saturated rings. The third-order valence-electron chi connectivity index (χ3n) is 5.62. The van der Waals surface area contributed by atoms with Crippen molar-refractivity contribution < 1.29 is 14.3 Å². The van der Waals surface area contributed by atoms with Crippen LogP contribution in [-0.2, 0) is 9.53 Å². The number of para-hydroxylation sites is 2. The average Bonchev–Trinajstić information content (AvgIpc) is 2.93. The third-order valence-corrected chi connectivity index (χ3v) is 5.62. The van der Waals surface area contributed by atoms with Crippen LogP contribution in [0.4, 0.5) is 5.69 Å². The number of nitrogens with one attached hydrogen (secondary N) is 1. The van der Waals surface area contributed by atoms with Crippen molar-refractivity contribution in [1.82, 2.24) is 9.78 Å². The van der Waals surface area contributed by atoms with Gasteiger partial charge in [-0.05, 0) is 29.8 Å². The monoisotopic (exact) mass is 475 g/mol. The molecule has 7 nitrogen and oxygen atoms in total. The van der Waals surface area contributed by atoms with Gasteiger partial charge in [-0.2, -0.15) is 9.78 Å². The fourth-order valence-corrected chi connectivity index (χ4v) is 3.93. The summed E-state index contributed by atoms with van der Waals surface area (Å²) in [6, 6.07) is 32.5. The van der Waals surface area contributed by atoms with Gasteiger partial charge in [0.1, 0.15) is 0 Å². The van der Waals surface area contributed by atoms with Crippen molar-refractivity contribution in [3.05, 3.63) is 125 Å². The van der Waals surface area contributed by atoms with Crippen molar-refractivity contribution in [2.75, 3.05) is 11.9 Å². The molecule has 36 heavy (non-hydrogen) atoms. The van der Waals surface area contributed by atoms with E-state index in [0.29, 0.717) is 22.1 Å². The second kappa shape index (κ2) is 10.1. The number of carbonyl (C=O) groups excluding carboxylic acids is 2. The quantitative estimate of drug-likeness (QED) is 0.355. The lowest BCUT2D eigenvalue weighted by atomic mass is 10.0. The van der Waals surface area contributed by atoms with Crippen molar-refractivity contribution in [3.8, 4) is 16.8 Å². The molecule has 0 saturated heterocycles. The summed E-state index contributed by atoms with van der Waals surface area (Å²) in [4.78, 5) is 38.7. The molecule has 1 heterocycles. The number of aromatic nitrogens is 2. The second-order valence-corrected chi connectivity index (χ2v) is 7.98. The standard InChI is InChI=1S/C29H21N3O4/c33-26(30-25-18-10-9-15-22(25)20-11-3-1-4-12-20)19-36-29(35)27-23-16-7-8-17-24(23)28(34)32(31-27)21-13-5-2-6-14-21/h1-18H,19H2,(H,30,33). The molecule has 0 unspecified atom stereocenters. The summed E-state index contributed by atoms with van der Waals surface area (Å²) in [6.07, 6.45) is 0. The Bertz CT molecular complexity index is 1610. The molecule has 0 aliphatic heterocycles. The molecule has 0 bridgehead atoms. The number of carbonyl (C=O) groups is 2. The highest BCUT2D eigenvalue weighted by atomic mass is 16.5. The molecule has 0 spiro atoms. The van der Waals surface area contributed by atoms with Crippen LogP contribution in [0.15, 0.2) is 114 Å². The number of ether oxygens (including phenoxy) is 1. The molecular formula is C29H21N3O4. The molecule has 1 aromatic heterocycles. The maximum atomic E-state index is 13.0. The Hall–Kier alpha value is -5.04. The Balaban J connectivity index is 1.38. The van der Waals surface area contributed by atoms with E-state index >= 15 is 0 Å². The molecule has 0 radical (unpaired) electrons. The van der Waals surface area contributed by atoms with E-state index in [0.717, 1.165) is 15.8 Å². The Labute approximate surface area is 206 Å². The predicted octanol–water partition coefficient (Wildman–Crippen LogP) is 4.85. The van der Waals surface area contributed by atoms with Gasteiger partial charge in [0.15, 0.2) is 12.3 Å². The van der Waals surface area contributed by atoms with E-state index in [-0.39, 0.29) is 11.3 Å². The van der Waals surface area contributed by atoms with Crippen molar-refractivity contribution in [2.45, 2.75) is 0 Å². The molecule has 1 N–H and O–H groups in total. The lowest BCUT2D eigenvalue weighted by Crippen LogP contribution is -2.26. The van der Waals surface area contributed by atoms with E-state index in [1.165, 1.54) is 0 Å². The summed E-state index contributed by atoms with van der Waals surface area (Å²) in [6.45, 7) is -0.511. The van der Waals surface area contributed by atoms with E-state index in [4.69, 9.17) is 4.74 Å². The number of amides is 1. The van der Waals surface area contributed by atoms with Crippen LogP contribution < -0.4 is 10.9 Å². The van der Waals surface area contributed by atoms with E-state index in [2.05, 4.69) is 10.4 Å². The van der Waals surface area contributed by atoms with Gasteiger partial charge in [-0.3, -0.25) is 9.59 Å². The Morgan fingerprint density at radius 1 is 0.750 bits per heavy atom. The van der Waals surface area contributed by atoms with E-state index in [1.54, 1.807) is 54.6 Å². The van der Waals surface area contributed by atoms with Gasteiger partial charge >= 0.3 is 5.97 Å². The summed E-state index contributed by atoms with van der Waals surface area (Å²) in [5.74, 6) is -1.30. The van der Waals surface area contributed by atoms with E-state index in [9.17, 15) is 14.4 Å². The number of hydrogen-bond donors (Lipinski definition) is 1. The minimum absolute atomic E-state index is 0.0495. The van der Waals surface area contributed by atoms with Crippen LogP contribution in [0.2, 0.25) is 0 Å². The predicted molar refractivity (Wildman–Crippen MR) is 138 cm³/mol.